The highest BCUT2D eigenvalue weighted by Gasteiger charge is 2.35. The molecule has 0 aromatic rings. The SMILES string of the molecule is CCC=O.CCN(C)CCN(C)C(=O)C(C)C1CCC(CC(=O)OCOC)O1. The third-order valence-corrected chi connectivity index (χ3v) is 4.72. The van der Waals surface area contributed by atoms with Gasteiger partial charge in [-0.05, 0) is 26.4 Å². The first-order chi connectivity index (χ1) is 13.3. The zero-order chi connectivity index (χ0) is 21.5. The number of ether oxygens (including phenoxy) is 3. The summed E-state index contributed by atoms with van der Waals surface area (Å²) in [4.78, 5) is 37.2. The van der Waals surface area contributed by atoms with Crippen molar-refractivity contribution in [2.75, 3.05) is 47.6 Å². The van der Waals surface area contributed by atoms with E-state index >= 15 is 0 Å². The standard InChI is InChI=1S/C17H32N2O5.C3H6O/c1-6-18(3)9-10-19(4)17(21)13(2)15-8-7-14(24-15)11-16(20)23-12-22-5;1-2-3-4/h13-15H,6-12H2,1-5H3;3H,2H2,1H3. The van der Waals surface area contributed by atoms with Crippen molar-refractivity contribution in [2.45, 2.75) is 58.7 Å². The van der Waals surface area contributed by atoms with Crippen molar-refractivity contribution in [2.24, 2.45) is 5.92 Å². The minimum Gasteiger partial charge on any atom is -0.438 e. The molecule has 0 aromatic carbocycles. The monoisotopic (exact) mass is 402 g/mol. The average molecular weight is 403 g/mol. The van der Waals surface area contributed by atoms with E-state index in [0.717, 1.165) is 32.2 Å². The molecule has 3 atom stereocenters. The Bertz CT molecular complexity index is 460. The third kappa shape index (κ3) is 10.7. The van der Waals surface area contributed by atoms with Gasteiger partial charge in [0.15, 0.2) is 6.79 Å². The predicted octanol–water partition coefficient (Wildman–Crippen LogP) is 1.71. The molecule has 1 fully saturated rings. The first-order valence-corrected chi connectivity index (χ1v) is 9.97. The molecule has 0 spiro atoms. The van der Waals surface area contributed by atoms with Crippen LogP contribution >= 0.6 is 0 Å². The lowest BCUT2D eigenvalue weighted by molar-refractivity contribution is -0.157. The Morgan fingerprint density at radius 2 is 1.86 bits per heavy atom. The van der Waals surface area contributed by atoms with Gasteiger partial charge < -0.3 is 28.8 Å². The maximum atomic E-state index is 12.5. The van der Waals surface area contributed by atoms with Crippen molar-refractivity contribution in [1.29, 1.82) is 0 Å². The quantitative estimate of drug-likeness (QED) is 0.295. The molecule has 1 heterocycles. The van der Waals surface area contributed by atoms with Crippen LogP contribution in [0.1, 0.15) is 46.5 Å². The van der Waals surface area contributed by atoms with Crippen molar-refractivity contribution in [3.05, 3.63) is 0 Å². The number of methoxy groups -OCH3 is 1. The van der Waals surface area contributed by atoms with Gasteiger partial charge in [0.2, 0.25) is 5.91 Å². The maximum Gasteiger partial charge on any atom is 0.310 e. The molecule has 1 aliphatic heterocycles. The number of amides is 1. The molecular formula is C20H38N2O6. The number of hydrogen-bond donors (Lipinski definition) is 0. The van der Waals surface area contributed by atoms with Crippen LogP contribution in [0.3, 0.4) is 0 Å². The van der Waals surface area contributed by atoms with Gasteiger partial charge in [-0.1, -0.05) is 20.8 Å². The molecule has 8 heteroatoms. The van der Waals surface area contributed by atoms with Crippen LogP contribution in [0.25, 0.3) is 0 Å². The smallest absolute Gasteiger partial charge is 0.310 e. The number of likely N-dealkylation sites (N-methyl/N-ethyl adjacent to an activating group) is 2. The van der Waals surface area contributed by atoms with Crippen LogP contribution in [0.15, 0.2) is 0 Å². The summed E-state index contributed by atoms with van der Waals surface area (Å²) in [5.74, 6) is -0.449. The Kier molecular flexibility index (Phi) is 14.6. The second kappa shape index (κ2) is 15.4. The molecule has 0 aliphatic carbocycles. The minimum absolute atomic E-state index is 0.0408. The van der Waals surface area contributed by atoms with E-state index in [9.17, 15) is 14.4 Å². The molecule has 0 saturated carbocycles. The van der Waals surface area contributed by atoms with Crippen LogP contribution in [0, 0.1) is 5.92 Å². The molecule has 1 rings (SSSR count). The van der Waals surface area contributed by atoms with E-state index in [1.165, 1.54) is 7.11 Å². The van der Waals surface area contributed by atoms with Gasteiger partial charge >= 0.3 is 5.97 Å². The second-order valence-electron chi connectivity index (χ2n) is 7.02. The molecule has 8 nitrogen and oxygen atoms in total. The Morgan fingerprint density at radius 3 is 2.39 bits per heavy atom. The van der Waals surface area contributed by atoms with E-state index < -0.39 is 0 Å². The summed E-state index contributed by atoms with van der Waals surface area (Å²) in [6.07, 6.45) is 2.97. The Labute approximate surface area is 169 Å². The Balaban J connectivity index is 0.00000165. The van der Waals surface area contributed by atoms with Gasteiger partial charge in [-0.3, -0.25) is 9.59 Å². The fourth-order valence-corrected chi connectivity index (χ4v) is 2.72. The lowest BCUT2D eigenvalue weighted by atomic mass is 10.00. The summed E-state index contributed by atoms with van der Waals surface area (Å²) in [7, 11) is 5.34. The molecule has 0 bridgehead atoms. The summed E-state index contributed by atoms with van der Waals surface area (Å²) in [5, 5.41) is 0. The van der Waals surface area contributed by atoms with Crippen molar-refractivity contribution in [3.8, 4) is 0 Å². The lowest BCUT2D eigenvalue weighted by Gasteiger charge is -2.26. The number of nitrogens with zero attached hydrogens (tertiary/aromatic N) is 2. The van der Waals surface area contributed by atoms with Crippen LogP contribution in [0.4, 0.5) is 0 Å². The summed E-state index contributed by atoms with van der Waals surface area (Å²) < 4.78 is 15.5. The van der Waals surface area contributed by atoms with Crippen LogP contribution in [-0.4, -0.2) is 87.8 Å². The van der Waals surface area contributed by atoms with Gasteiger partial charge in [-0.25, -0.2) is 0 Å². The van der Waals surface area contributed by atoms with Gasteiger partial charge in [0.05, 0.1) is 24.5 Å². The van der Waals surface area contributed by atoms with E-state index in [4.69, 9.17) is 14.2 Å². The van der Waals surface area contributed by atoms with Gasteiger partial charge in [0.1, 0.15) is 6.29 Å². The molecular weight excluding hydrogens is 364 g/mol. The second-order valence-corrected chi connectivity index (χ2v) is 7.02. The zero-order valence-electron chi connectivity index (χ0n) is 18.3. The van der Waals surface area contributed by atoms with Gasteiger partial charge in [0.25, 0.3) is 0 Å². The summed E-state index contributed by atoms with van der Waals surface area (Å²) in [6, 6.07) is 0. The highest BCUT2D eigenvalue weighted by Crippen LogP contribution is 2.28. The first-order valence-electron chi connectivity index (χ1n) is 9.97. The molecule has 0 aromatic heterocycles. The lowest BCUT2D eigenvalue weighted by Crippen LogP contribution is -2.41. The summed E-state index contributed by atoms with van der Waals surface area (Å²) in [6.45, 7) is 8.28. The highest BCUT2D eigenvalue weighted by atomic mass is 16.7. The number of esters is 1. The largest absolute Gasteiger partial charge is 0.438 e. The molecule has 0 radical (unpaired) electrons. The topological polar surface area (TPSA) is 85.4 Å². The first kappa shape index (κ1) is 26.5. The van der Waals surface area contributed by atoms with Gasteiger partial charge in [-0.15, -0.1) is 0 Å². The van der Waals surface area contributed by atoms with Crippen molar-refractivity contribution < 1.29 is 28.6 Å². The molecule has 1 aliphatic rings. The number of carbonyl (C=O) groups is 3. The fraction of sp³-hybridized carbons (Fsp3) is 0.850. The van der Waals surface area contributed by atoms with Gasteiger partial charge in [-0.2, -0.15) is 0 Å². The van der Waals surface area contributed by atoms with E-state index in [0.29, 0.717) is 13.0 Å². The van der Waals surface area contributed by atoms with Crippen molar-refractivity contribution >= 4 is 18.2 Å². The van der Waals surface area contributed by atoms with E-state index in [-0.39, 0.29) is 43.2 Å². The number of rotatable bonds is 11. The summed E-state index contributed by atoms with van der Waals surface area (Å²) >= 11 is 0. The molecule has 3 unspecified atom stereocenters. The number of aldehydes is 1. The Hall–Kier alpha value is -1.51. The van der Waals surface area contributed by atoms with Crippen LogP contribution < -0.4 is 0 Å². The maximum absolute atomic E-state index is 12.5. The predicted molar refractivity (Wildman–Crippen MR) is 107 cm³/mol. The van der Waals surface area contributed by atoms with E-state index in [1.807, 2.05) is 27.9 Å². The third-order valence-electron chi connectivity index (χ3n) is 4.72. The molecule has 1 amide bonds. The fourth-order valence-electron chi connectivity index (χ4n) is 2.72. The van der Waals surface area contributed by atoms with Crippen LogP contribution in [-0.2, 0) is 28.6 Å². The van der Waals surface area contributed by atoms with Crippen LogP contribution in [0.2, 0.25) is 0 Å². The van der Waals surface area contributed by atoms with Crippen molar-refractivity contribution in [3.63, 3.8) is 0 Å². The van der Waals surface area contributed by atoms with Crippen molar-refractivity contribution in [1.82, 2.24) is 9.80 Å². The number of carbonyl (C=O) groups excluding carboxylic acids is 3. The molecule has 28 heavy (non-hydrogen) atoms. The zero-order valence-corrected chi connectivity index (χ0v) is 18.3. The van der Waals surface area contributed by atoms with E-state index in [1.54, 1.807) is 4.90 Å². The Morgan fingerprint density at radius 1 is 1.21 bits per heavy atom. The molecule has 164 valence electrons. The highest BCUT2D eigenvalue weighted by molar-refractivity contribution is 5.79. The van der Waals surface area contributed by atoms with Crippen LogP contribution in [0.5, 0.6) is 0 Å². The minimum atomic E-state index is -0.332. The van der Waals surface area contributed by atoms with Gasteiger partial charge in [0, 0.05) is 33.7 Å². The normalized spacial score (nSPS) is 19.5. The molecule has 0 N–H and O–H groups in total. The molecule has 1 saturated heterocycles. The van der Waals surface area contributed by atoms with E-state index in [2.05, 4.69) is 11.8 Å². The number of hydrogen-bond acceptors (Lipinski definition) is 7. The summed E-state index contributed by atoms with van der Waals surface area (Å²) in [5.41, 5.74) is 0. The average Bonchev–Trinajstić information content (AvgIpc) is 3.17.